The number of benzene rings is 2. The number of unbranched alkanes of at least 4 members (excludes halogenated alkanes) is 1. The molecule has 0 aromatic heterocycles. The van der Waals surface area contributed by atoms with Crippen LogP contribution in [0.15, 0.2) is 54.6 Å². The summed E-state index contributed by atoms with van der Waals surface area (Å²) in [5, 5.41) is 8.74. The molecule has 0 radical (unpaired) electrons. The summed E-state index contributed by atoms with van der Waals surface area (Å²) >= 11 is 0. The highest BCUT2D eigenvalue weighted by atomic mass is 16.5. The molecule has 0 saturated carbocycles. The lowest BCUT2D eigenvalue weighted by atomic mass is 10.1. The number of esters is 1. The number of hydrogen-bond donors (Lipinski definition) is 0. The number of aryl methyl sites for hydroxylation is 1. The van der Waals surface area contributed by atoms with Gasteiger partial charge < -0.3 is 4.74 Å². The molecule has 0 heterocycles. The summed E-state index contributed by atoms with van der Waals surface area (Å²) in [6.45, 7) is 2.16. The molecule has 0 aliphatic heterocycles. The van der Waals surface area contributed by atoms with Gasteiger partial charge in [-0.2, -0.15) is 5.26 Å². The van der Waals surface area contributed by atoms with Crippen LogP contribution in [0.3, 0.4) is 0 Å². The van der Waals surface area contributed by atoms with Crippen molar-refractivity contribution in [2.24, 2.45) is 0 Å². The number of carbonyl (C=O) groups excluding carboxylic acids is 1. The fourth-order valence-corrected chi connectivity index (χ4v) is 2.09. The number of carbonyl (C=O) groups is 1. The molecule has 0 aliphatic rings. The van der Waals surface area contributed by atoms with Crippen LogP contribution in [0.25, 0.3) is 6.08 Å². The molecule has 0 amide bonds. The lowest BCUT2D eigenvalue weighted by Gasteiger charge is -2.03. The van der Waals surface area contributed by atoms with Crippen LogP contribution < -0.4 is 4.74 Å². The average molecular weight is 305 g/mol. The van der Waals surface area contributed by atoms with Crippen molar-refractivity contribution in [2.45, 2.75) is 26.2 Å². The molecule has 3 heteroatoms. The van der Waals surface area contributed by atoms with Crippen molar-refractivity contribution in [3.8, 4) is 11.8 Å². The minimum atomic E-state index is -0.421. The second kappa shape index (κ2) is 8.55. The van der Waals surface area contributed by atoms with Crippen LogP contribution in [0, 0.1) is 11.3 Å². The Labute approximate surface area is 136 Å². The Hall–Kier alpha value is -2.86. The molecule has 0 bridgehead atoms. The van der Waals surface area contributed by atoms with Crippen molar-refractivity contribution in [3.63, 3.8) is 0 Å². The Bertz CT molecular complexity index is 707. The minimum absolute atomic E-state index is 0.421. The fraction of sp³-hybridized carbons (Fsp3) is 0.200. The third-order valence-electron chi connectivity index (χ3n) is 3.41. The van der Waals surface area contributed by atoms with Gasteiger partial charge in [-0.15, -0.1) is 0 Å². The molecular formula is C20H19NO2. The van der Waals surface area contributed by atoms with Gasteiger partial charge in [0.2, 0.25) is 0 Å². The zero-order valence-corrected chi connectivity index (χ0v) is 13.2. The van der Waals surface area contributed by atoms with Gasteiger partial charge in [-0.1, -0.05) is 37.6 Å². The summed E-state index contributed by atoms with van der Waals surface area (Å²) in [4.78, 5) is 11.8. The summed E-state index contributed by atoms with van der Waals surface area (Å²) in [7, 11) is 0. The number of nitrogens with zero attached hydrogens (tertiary/aromatic N) is 1. The van der Waals surface area contributed by atoms with Crippen LogP contribution in [0.1, 0.15) is 36.5 Å². The van der Waals surface area contributed by atoms with Crippen LogP contribution in [0.2, 0.25) is 0 Å². The van der Waals surface area contributed by atoms with Gasteiger partial charge in [-0.25, -0.2) is 4.79 Å². The maximum atomic E-state index is 11.8. The van der Waals surface area contributed by atoms with Gasteiger partial charge >= 0.3 is 5.97 Å². The van der Waals surface area contributed by atoms with Crippen LogP contribution in [0.5, 0.6) is 5.75 Å². The maximum absolute atomic E-state index is 11.8. The fourth-order valence-electron chi connectivity index (χ4n) is 2.09. The first-order valence-electron chi connectivity index (χ1n) is 7.70. The molecule has 3 nitrogen and oxygen atoms in total. The second-order valence-corrected chi connectivity index (χ2v) is 5.24. The molecule has 0 unspecified atom stereocenters. The number of ether oxygens (including phenoxy) is 1. The largest absolute Gasteiger partial charge is 0.423 e. The van der Waals surface area contributed by atoms with Crippen LogP contribution in [0.4, 0.5) is 0 Å². The molecular weight excluding hydrogens is 286 g/mol. The molecule has 0 atom stereocenters. The van der Waals surface area contributed by atoms with E-state index in [1.807, 2.05) is 24.3 Å². The Morgan fingerprint density at radius 3 is 2.43 bits per heavy atom. The lowest BCUT2D eigenvalue weighted by molar-refractivity contribution is -0.128. The first-order valence-corrected chi connectivity index (χ1v) is 7.70. The first kappa shape index (κ1) is 16.5. The normalized spacial score (nSPS) is 10.4. The second-order valence-electron chi connectivity index (χ2n) is 5.24. The summed E-state index contributed by atoms with van der Waals surface area (Å²) < 4.78 is 5.26. The zero-order valence-electron chi connectivity index (χ0n) is 13.2. The molecule has 2 rings (SSSR count). The Morgan fingerprint density at radius 2 is 1.83 bits per heavy atom. The number of nitriles is 1. The van der Waals surface area contributed by atoms with E-state index in [2.05, 4.69) is 13.0 Å². The third kappa shape index (κ3) is 5.44. The molecule has 0 fully saturated rings. The zero-order chi connectivity index (χ0) is 16.5. The SMILES string of the molecule is CCCCc1ccc(OC(=O)/C=C/c2ccc(C#N)cc2)cc1. The Kier molecular flexibility index (Phi) is 6.14. The van der Waals surface area contributed by atoms with Crippen LogP contribution in [-0.2, 0) is 11.2 Å². The molecule has 2 aromatic rings. The van der Waals surface area contributed by atoms with Gasteiger partial charge in [-0.3, -0.25) is 0 Å². The van der Waals surface area contributed by atoms with Crippen molar-refractivity contribution in [2.75, 3.05) is 0 Å². The highest BCUT2D eigenvalue weighted by Gasteiger charge is 2.01. The van der Waals surface area contributed by atoms with E-state index in [-0.39, 0.29) is 0 Å². The van der Waals surface area contributed by atoms with Gasteiger partial charge in [0.25, 0.3) is 0 Å². The van der Waals surface area contributed by atoms with E-state index in [1.165, 1.54) is 11.6 Å². The van der Waals surface area contributed by atoms with E-state index in [0.717, 1.165) is 24.8 Å². The Balaban J connectivity index is 1.90. The molecule has 2 aromatic carbocycles. The quantitative estimate of drug-likeness (QED) is 0.448. The highest BCUT2D eigenvalue weighted by molar-refractivity contribution is 5.88. The van der Waals surface area contributed by atoms with E-state index in [9.17, 15) is 4.79 Å². The van der Waals surface area contributed by atoms with Crippen molar-refractivity contribution in [1.29, 1.82) is 5.26 Å². The summed E-state index contributed by atoms with van der Waals surface area (Å²) in [5.74, 6) is 0.121. The number of hydrogen-bond acceptors (Lipinski definition) is 3. The van der Waals surface area contributed by atoms with E-state index in [1.54, 1.807) is 30.3 Å². The molecule has 23 heavy (non-hydrogen) atoms. The van der Waals surface area contributed by atoms with Crippen LogP contribution >= 0.6 is 0 Å². The lowest BCUT2D eigenvalue weighted by Crippen LogP contribution is -2.03. The van der Waals surface area contributed by atoms with Gasteiger partial charge in [0.15, 0.2) is 0 Å². The highest BCUT2D eigenvalue weighted by Crippen LogP contribution is 2.14. The smallest absolute Gasteiger partial charge is 0.336 e. The predicted octanol–water partition coefficient (Wildman–Crippen LogP) is 4.52. The molecule has 0 N–H and O–H groups in total. The predicted molar refractivity (Wildman–Crippen MR) is 90.9 cm³/mol. The van der Waals surface area contributed by atoms with E-state index < -0.39 is 5.97 Å². The van der Waals surface area contributed by atoms with Crippen LogP contribution in [-0.4, -0.2) is 5.97 Å². The van der Waals surface area contributed by atoms with E-state index in [4.69, 9.17) is 10.00 Å². The van der Waals surface area contributed by atoms with Crippen molar-refractivity contribution < 1.29 is 9.53 Å². The molecule has 0 saturated heterocycles. The van der Waals surface area contributed by atoms with Crippen molar-refractivity contribution >= 4 is 12.0 Å². The molecule has 116 valence electrons. The maximum Gasteiger partial charge on any atom is 0.336 e. The van der Waals surface area contributed by atoms with E-state index in [0.29, 0.717) is 11.3 Å². The van der Waals surface area contributed by atoms with Gasteiger partial charge in [0.05, 0.1) is 11.6 Å². The average Bonchev–Trinajstić information content (AvgIpc) is 2.60. The van der Waals surface area contributed by atoms with Gasteiger partial charge in [0.1, 0.15) is 5.75 Å². The molecule has 0 aliphatic carbocycles. The number of rotatable bonds is 6. The minimum Gasteiger partial charge on any atom is -0.423 e. The monoisotopic (exact) mass is 305 g/mol. The summed E-state index contributed by atoms with van der Waals surface area (Å²) in [6, 6.07) is 16.6. The first-order chi connectivity index (χ1) is 11.2. The van der Waals surface area contributed by atoms with Gasteiger partial charge in [0, 0.05) is 6.08 Å². The summed E-state index contributed by atoms with van der Waals surface area (Å²) in [5.41, 5.74) is 2.68. The third-order valence-corrected chi connectivity index (χ3v) is 3.41. The van der Waals surface area contributed by atoms with E-state index >= 15 is 0 Å². The summed E-state index contributed by atoms with van der Waals surface area (Å²) in [6.07, 6.45) is 6.41. The van der Waals surface area contributed by atoms with Gasteiger partial charge in [-0.05, 0) is 54.3 Å². The molecule has 0 spiro atoms. The standard InChI is InChI=1S/C20H19NO2/c1-2-3-4-16-9-12-19(13-10-16)23-20(22)14-11-17-5-7-18(15-21)8-6-17/h5-14H,2-4H2,1H3/b14-11+. The Morgan fingerprint density at radius 1 is 1.13 bits per heavy atom. The topological polar surface area (TPSA) is 50.1 Å². The van der Waals surface area contributed by atoms with Crippen molar-refractivity contribution in [3.05, 3.63) is 71.3 Å². The van der Waals surface area contributed by atoms with Crippen molar-refractivity contribution in [1.82, 2.24) is 0 Å².